The van der Waals surface area contributed by atoms with Crippen LogP contribution < -0.4 is 10.6 Å². The number of aromatic nitrogens is 1. The first kappa shape index (κ1) is 25.5. The van der Waals surface area contributed by atoms with Gasteiger partial charge in [-0.2, -0.15) is 0 Å². The summed E-state index contributed by atoms with van der Waals surface area (Å²) >= 11 is 31.0. The molecule has 2 unspecified atom stereocenters. The summed E-state index contributed by atoms with van der Waals surface area (Å²) in [6, 6.07) is 11.6. The largest absolute Gasteiger partial charge is 0.326 e. The average Bonchev–Trinajstić information content (AvgIpc) is 3.36. The lowest BCUT2D eigenvalue weighted by Gasteiger charge is -2.10. The predicted octanol–water partition coefficient (Wildman–Crippen LogP) is 6.73. The number of halogens is 5. The maximum atomic E-state index is 12.9. The van der Waals surface area contributed by atoms with Gasteiger partial charge >= 0.3 is 0 Å². The number of anilines is 2. The highest BCUT2D eigenvalue weighted by Gasteiger charge is 2.67. The highest BCUT2D eigenvalue weighted by molar-refractivity contribution is 6.53. The van der Waals surface area contributed by atoms with E-state index in [-0.39, 0.29) is 27.8 Å². The molecule has 0 radical (unpaired) electrons. The summed E-state index contributed by atoms with van der Waals surface area (Å²) in [5, 5.41) is 16.8. The fraction of sp³-hybridized carbons (Fsp3) is 0.136. The summed E-state index contributed by atoms with van der Waals surface area (Å²) in [4.78, 5) is 39.6. The van der Waals surface area contributed by atoms with Gasteiger partial charge in [0.05, 0.1) is 21.4 Å². The van der Waals surface area contributed by atoms with Crippen molar-refractivity contribution in [3.8, 4) is 0 Å². The molecule has 1 saturated carbocycles. The number of nitrogens with one attached hydrogen (secondary N) is 2. The van der Waals surface area contributed by atoms with E-state index in [4.69, 9.17) is 58.0 Å². The van der Waals surface area contributed by atoms with Gasteiger partial charge in [0.2, 0.25) is 5.91 Å². The number of alkyl halides is 2. The summed E-state index contributed by atoms with van der Waals surface area (Å²) in [5.41, 5.74) is 0.722. The molecule has 2 aromatic carbocycles. The number of hydrogen-bond acceptors (Lipinski definition) is 5. The molecule has 1 heterocycles. The van der Waals surface area contributed by atoms with Crippen LogP contribution in [0.2, 0.25) is 15.1 Å². The van der Waals surface area contributed by atoms with Crippen LogP contribution in [0.25, 0.3) is 0 Å². The Kier molecular flexibility index (Phi) is 7.13. The van der Waals surface area contributed by atoms with Gasteiger partial charge in [-0.3, -0.25) is 19.7 Å². The normalized spacial score (nSPS) is 18.0. The second kappa shape index (κ2) is 9.79. The van der Waals surface area contributed by atoms with Crippen molar-refractivity contribution in [3.05, 3.63) is 91.0 Å². The van der Waals surface area contributed by atoms with Crippen LogP contribution in [-0.4, -0.2) is 26.1 Å². The molecule has 4 rings (SSSR count). The molecule has 0 bridgehead atoms. The lowest BCUT2D eigenvalue weighted by molar-refractivity contribution is -0.385. The molecule has 1 aliphatic carbocycles. The van der Waals surface area contributed by atoms with Crippen molar-refractivity contribution in [2.75, 3.05) is 10.6 Å². The Balaban J connectivity index is 1.49. The number of carbonyl (C=O) groups excluding carboxylic acids is 2. The lowest BCUT2D eigenvalue weighted by atomic mass is 10.1. The molecule has 0 aliphatic heterocycles. The number of nitro groups is 1. The summed E-state index contributed by atoms with van der Waals surface area (Å²) in [6.45, 7) is 0. The van der Waals surface area contributed by atoms with Crippen LogP contribution in [-0.2, 0) is 4.79 Å². The molecule has 35 heavy (non-hydrogen) atoms. The molecular formula is C22H13Cl5N4O4. The fourth-order valence-corrected chi connectivity index (χ4v) is 5.15. The van der Waals surface area contributed by atoms with Crippen molar-refractivity contribution in [2.24, 2.45) is 5.92 Å². The van der Waals surface area contributed by atoms with Crippen LogP contribution in [0.4, 0.5) is 17.2 Å². The van der Waals surface area contributed by atoms with Crippen LogP contribution in [0.1, 0.15) is 21.8 Å². The van der Waals surface area contributed by atoms with Crippen molar-refractivity contribution >= 4 is 87.0 Å². The van der Waals surface area contributed by atoms with E-state index in [9.17, 15) is 19.7 Å². The van der Waals surface area contributed by atoms with E-state index in [1.165, 1.54) is 30.3 Å². The average molecular weight is 575 g/mol. The van der Waals surface area contributed by atoms with Crippen molar-refractivity contribution in [2.45, 2.75) is 10.3 Å². The van der Waals surface area contributed by atoms with Gasteiger partial charge in [0.15, 0.2) is 0 Å². The Morgan fingerprint density at radius 3 is 2.26 bits per heavy atom. The number of pyridine rings is 1. The van der Waals surface area contributed by atoms with Crippen LogP contribution >= 0.6 is 58.0 Å². The zero-order chi connectivity index (χ0) is 25.5. The third kappa shape index (κ3) is 5.47. The molecule has 1 aromatic heterocycles. The van der Waals surface area contributed by atoms with Crippen molar-refractivity contribution in [1.82, 2.24) is 4.98 Å². The van der Waals surface area contributed by atoms with Gasteiger partial charge in [-0.1, -0.05) is 34.8 Å². The van der Waals surface area contributed by atoms with E-state index in [1.54, 1.807) is 18.2 Å². The van der Waals surface area contributed by atoms with Gasteiger partial charge in [0.25, 0.3) is 11.6 Å². The van der Waals surface area contributed by atoms with Crippen molar-refractivity contribution < 1.29 is 14.5 Å². The molecule has 2 atom stereocenters. The summed E-state index contributed by atoms with van der Waals surface area (Å²) < 4.78 is -1.37. The Hall–Kier alpha value is -2.62. The molecule has 180 valence electrons. The monoisotopic (exact) mass is 572 g/mol. The number of amides is 2. The SMILES string of the molecule is O=C(Nc1ccc([N+](=O)[O-])cn1)c1cc(NC(=O)C2C(c3cc(Cl)cc(Cl)c3)C2(Cl)Cl)ccc1Cl. The quantitative estimate of drug-likeness (QED) is 0.193. The molecule has 3 aromatic rings. The topological polar surface area (TPSA) is 114 Å². The minimum Gasteiger partial charge on any atom is -0.326 e. The minimum absolute atomic E-state index is 0.0431. The molecule has 2 amide bonds. The Morgan fingerprint density at radius 1 is 0.971 bits per heavy atom. The first-order chi connectivity index (χ1) is 16.5. The van der Waals surface area contributed by atoms with E-state index >= 15 is 0 Å². The number of hydrogen-bond donors (Lipinski definition) is 2. The van der Waals surface area contributed by atoms with E-state index in [2.05, 4.69) is 15.6 Å². The number of carbonyl (C=O) groups is 2. The smallest absolute Gasteiger partial charge is 0.287 e. The predicted molar refractivity (Wildman–Crippen MR) is 136 cm³/mol. The third-order valence-electron chi connectivity index (χ3n) is 5.26. The first-order valence-corrected chi connectivity index (χ1v) is 11.7. The standard InChI is InChI=1S/C22H13Cl5N4O4/c23-11-5-10(6-12(24)7-11)18-19(22(18,26)27)21(33)29-13-1-3-16(25)15(8-13)20(32)30-17-4-2-14(9-28-17)31(34)35/h1-9,18-19H,(H,29,33)(H,28,30,32). The Bertz CT molecular complexity index is 1330. The Morgan fingerprint density at radius 2 is 1.66 bits per heavy atom. The minimum atomic E-state index is -1.37. The van der Waals surface area contributed by atoms with Crippen LogP contribution in [0.3, 0.4) is 0 Å². The van der Waals surface area contributed by atoms with Crippen molar-refractivity contribution in [3.63, 3.8) is 0 Å². The highest BCUT2D eigenvalue weighted by atomic mass is 35.5. The molecule has 0 saturated heterocycles. The summed E-state index contributed by atoms with van der Waals surface area (Å²) in [6.07, 6.45) is 1.01. The maximum Gasteiger partial charge on any atom is 0.287 e. The van der Waals surface area contributed by atoms with Gasteiger partial charge in [-0.05, 0) is 48.0 Å². The Labute approximate surface area is 223 Å². The van der Waals surface area contributed by atoms with Crippen LogP contribution in [0, 0.1) is 16.0 Å². The van der Waals surface area contributed by atoms with Gasteiger partial charge in [0, 0.05) is 27.7 Å². The maximum absolute atomic E-state index is 12.9. The number of benzene rings is 2. The second-order valence-corrected chi connectivity index (χ2v) is 10.4. The third-order valence-corrected chi connectivity index (χ3v) is 6.97. The zero-order valence-corrected chi connectivity index (χ0v) is 21.0. The summed E-state index contributed by atoms with van der Waals surface area (Å²) in [5.74, 6) is -2.35. The van der Waals surface area contributed by atoms with Crippen LogP contribution in [0.15, 0.2) is 54.7 Å². The van der Waals surface area contributed by atoms with Gasteiger partial charge < -0.3 is 10.6 Å². The van der Waals surface area contributed by atoms with Gasteiger partial charge in [0.1, 0.15) is 16.3 Å². The molecule has 1 aliphatic rings. The molecule has 8 nitrogen and oxygen atoms in total. The van der Waals surface area contributed by atoms with E-state index in [0.717, 1.165) is 6.20 Å². The van der Waals surface area contributed by atoms with Gasteiger partial charge in [-0.15, -0.1) is 23.2 Å². The molecule has 0 spiro atoms. The highest BCUT2D eigenvalue weighted by Crippen LogP contribution is 2.65. The van der Waals surface area contributed by atoms with Crippen LogP contribution in [0.5, 0.6) is 0 Å². The van der Waals surface area contributed by atoms with Crippen molar-refractivity contribution in [1.29, 1.82) is 0 Å². The van der Waals surface area contributed by atoms with Gasteiger partial charge in [-0.25, -0.2) is 4.98 Å². The molecule has 1 fully saturated rings. The van der Waals surface area contributed by atoms with E-state index in [0.29, 0.717) is 15.6 Å². The number of rotatable bonds is 6. The summed E-state index contributed by atoms with van der Waals surface area (Å²) in [7, 11) is 0. The molecule has 13 heteroatoms. The zero-order valence-electron chi connectivity index (χ0n) is 17.3. The lowest BCUT2D eigenvalue weighted by Crippen LogP contribution is -2.18. The molecule has 2 N–H and O–H groups in total. The second-order valence-electron chi connectivity index (χ2n) is 7.63. The van der Waals surface area contributed by atoms with E-state index in [1.807, 2.05) is 0 Å². The fourth-order valence-electron chi connectivity index (χ4n) is 3.57. The first-order valence-electron chi connectivity index (χ1n) is 9.83. The number of nitrogens with zero attached hydrogens (tertiary/aromatic N) is 2. The molecular weight excluding hydrogens is 562 g/mol. The van der Waals surface area contributed by atoms with E-state index < -0.39 is 32.9 Å².